The second-order valence-corrected chi connectivity index (χ2v) is 18.2. The Bertz CT molecular complexity index is 2470. The van der Waals surface area contributed by atoms with E-state index in [0.717, 1.165) is 59.0 Å². The molecule has 18 heteroatoms. The first-order valence-electron chi connectivity index (χ1n) is 20.2. The molecule has 6 N–H and O–H groups in total. The van der Waals surface area contributed by atoms with Crippen molar-refractivity contribution in [1.29, 1.82) is 0 Å². The summed E-state index contributed by atoms with van der Waals surface area (Å²) < 4.78 is 25.0. The van der Waals surface area contributed by atoms with Gasteiger partial charge in [0.1, 0.15) is 22.7 Å². The number of aliphatic imine (C=N–C) groups is 2. The van der Waals surface area contributed by atoms with Crippen LogP contribution in [0.4, 0.5) is 0 Å². The summed E-state index contributed by atoms with van der Waals surface area (Å²) in [5.74, 6) is 1.57. The molecule has 2 fully saturated rings. The molecule has 0 saturated carbocycles. The van der Waals surface area contributed by atoms with E-state index in [-0.39, 0.29) is 23.7 Å². The van der Waals surface area contributed by atoms with Crippen molar-refractivity contribution in [2.75, 3.05) is 40.5 Å². The third-order valence-corrected chi connectivity index (χ3v) is 13.1. The Balaban J connectivity index is 0.000000143. The van der Waals surface area contributed by atoms with Gasteiger partial charge >= 0.3 is 7.12 Å². The summed E-state index contributed by atoms with van der Waals surface area (Å²) in [7, 11) is 1.89. The molecule has 2 amide bonds. The number of guanidine groups is 2. The summed E-state index contributed by atoms with van der Waals surface area (Å²) in [5, 5.41) is 18.5. The van der Waals surface area contributed by atoms with Gasteiger partial charge in [0, 0.05) is 65.8 Å². The van der Waals surface area contributed by atoms with Gasteiger partial charge in [-0.05, 0) is 96.9 Å². The van der Waals surface area contributed by atoms with Crippen molar-refractivity contribution in [2.45, 2.75) is 60.8 Å². The average molecular weight is 949 g/mol. The minimum Gasteiger partial charge on any atom is -0.484 e. The third-order valence-electron chi connectivity index (χ3n) is 12.1. The number of halogens is 3. The van der Waals surface area contributed by atoms with E-state index in [1.807, 2.05) is 60.7 Å². The number of rotatable bonds is 2. The van der Waals surface area contributed by atoms with E-state index in [9.17, 15) is 9.59 Å². The number of carbonyl (C=O) groups excluding carboxylic acids is 2. The molecule has 6 heterocycles. The van der Waals surface area contributed by atoms with Gasteiger partial charge in [0.25, 0.3) is 11.8 Å². The molecule has 0 bridgehead atoms. The molecule has 14 nitrogen and oxygen atoms in total. The zero-order chi connectivity index (χ0) is 44.0. The van der Waals surface area contributed by atoms with E-state index < -0.39 is 29.4 Å². The number of hydrogen-bond donors (Lipinski definition) is 4. The minimum atomic E-state index is -1.43. The molecule has 2 saturated heterocycles. The predicted molar refractivity (Wildman–Crippen MR) is 241 cm³/mol. The van der Waals surface area contributed by atoms with Crippen LogP contribution in [0.2, 0.25) is 10.0 Å². The zero-order valence-electron chi connectivity index (χ0n) is 34.2. The molecule has 62 heavy (non-hydrogen) atoms. The van der Waals surface area contributed by atoms with Crippen molar-refractivity contribution in [1.82, 2.24) is 9.80 Å². The van der Waals surface area contributed by atoms with Crippen molar-refractivity contribution in [3.05, 3.63) is 111 Å². The lowest BCUT2D eigenvalue weighted by atomic mass is 9.74. The SMILES string of the molecule is CN1C(=O)C2(CC3(CCCOC3)Oc3ccc(-c4cccc(Cl)c4)cc32)N=C1N.CN1C(=O)C2(CC3(CCCOC3)Oc3ccc(Br)cc32)N=C1N.OB(O)c1cccc(Cl)c1. The van der Waals surface area contributed by atoms with Crippen LogP contribution in [0, 0.1) is 0 Å². The maximum atomic E-state index is 13.4. The fraction of sp³-hybridized carbons (Fsp3) is 0.364. The average Bonchev–Trinajstić information content (AvgIpc) is 3.59. The number of carbonyl (C=O) groups is 2. The highest BCUT2D eigenvalue weighted by molar-refractivity contribution is 9.10. The second kappa shape index (κ2) is 17.1. The Morgan fingerprint density at radius 1 is 0.694 bits per heavy atom. The van der Waals surface area contributed by atoms with Gasteiger partial charge in [-0.2, -0.15) is 0 Å². The summed E-state index contributed by atoms with van der Waals surface area (Å²) in [6.07, 6.45) is 4.32. The normalized spacial score (nSPS) is 27.0. The standard InChI is InChI=1S/C22H22ClN3O3.C16H18BrN3O3.C6H6BClO2/c1-26-19(27)22(25-20(26)24)12-21(8-3-9-28-13-21)29-18-7-6-15(11-17(18)22)14-4-2-5-16(23)10-14;1-20-13(21)16(19-14(20)18)8-15(5-2-6-22-9-15)23-12-4-3-10(17)7-11(12)16;8-6-3-1-2-5(4-6)7(9)10/h2,4-7,10-11H,3,8-9,12-13H2,1H3,(H2,24,25);3-4,7H,2,5-6,8-9H2,1H3,(H2,18,19);1-4,9-10H. The smallest absolute Gasteiger partial charge is 0.484 e. The first-order chi connectivity index (χ1) is 29.6. The molecule has 0 radical (unpaired) electrons. The molecular formula is C44H46BBrCl2N6O8. The maximum Gasteiger partial charge on any atom is 0.488 e. The Labute approximate surface area is 378 Å². The molecule has 0 aromatic heterocycles. The van der Waals surface area contributed by atoms with Crippen LogP contribution in [-0.2, 0) is 30.1 Å². The Morgan fingerprint density at radius 2 is 1.19 bits per heavy atom. The van der Waals surface area contributed by atoms with Crippen LogP contribution in [-0.4, -0.2) is 102 Å². The van der Waals surface area contributed by atoms with Crippen LogP contribution < -0.4 is 26.4 Å². The highest BCUT2D eigenvalue weighted by Gasteiger charge is 2.60. The van der Waals surface area contributed by atoms with Gasteiger partial charge in [-0.3, -0.25) is 19.4 Å². The van der Waals surface area contributed by atoms with Gasteiger partial charge in [0.05, 0.1) is 13.2 Å². The quantitative estimate of drug-likeness (QED) is 0.197. The van der Waals surface area contributed by atoms with Crippen molar-refractivity contribution >= 4 is 75.4 Å². The topological polar surface area (TPSA) is 195 Å². The number of hydrogen-bond acceptors (Lipinski definition) is 12. The third kappa shape index (κ3) is 8.17. The van der Waals surface area contributed by atoms with E-state index >= 15 is 0 Å². The van der Waals surface area contributed by atoms with Crippen molar-refractivity contribution in [3.8, 4) is 22.6 Å². The van der Waals surface area contributed by atoms with Crippen LogP contribution in [0.1, 0.15) is 49.7 Å². The van der Waals surface area contributed by atoms with Crippen molar-refractivity contribution < 1.29 is 38.6 Å². The lowest BCUT2D eigenvalue weighted by Crippen LogP contribution is -2.55. The summed E-state index contributed by atoms with van der Waals surface area (Å²) in [5.41, 5.74) is 12.7. The van der Waals surface area contributed by atoms with E-state index in [1.54, 1.807) is 32.3 Å². The van der Waals surface area contributed by atoms with Crippen LogP contribution in [0.5, 0.6) is 11.5 Å². The maximum absolute atomic E-state index is 13.4. The molecule has 6 aliphatic heterocycles. The first-order valence-corrected chi connectivity index (χ1v) is 21.8. The number of benzene rings is 4. The number of fused-ring (bicyclic) bond motifs is 4. The summed E-state index contributed by atoms with van der Waals surface area (Å²) in [6.45, 7) is 2.34. The van der Waals surface area contributed by atoms with E-state index in [1.165, 1.54) is 15.9 Å². The number of ether oxygens (including phenoxy) is 4. The van der Waals surface area contributed by atoms with Gasteiger partial charge < -0.3 is 40.5 Å². The number of amides is 2. The predicted octanol–water partition coefficient (Wildman–Crippen LogP) is 5.10. The van der Waals surface area contributed by atoms with Gasteiger partial charge in [-0.1, -0.05) is 69.5 Å². The first kappa shape index (κ1) is 44.0. The lowest BCUT2D eigenvalue weighted by Gasteiger charge is -2.46. The van der Waals surface area contributed by atoms with Crippen molar-refractivity contribution in [3.63, 3.8) is 0 Å². The van der Waals surface area contributed by atoms with Crippen LogP contribution in [0.25, 0.3) is 11.1 Å². The highest BCUT2D eigenvalue weighted by Crippen LogP contribution is 2.53. The molecule has 4 unspecified atom stereocenters. The molecule has 4 atom stereocenters. The molecule has 6 aliphatic rings. The molecule has 4 aromatic rings. The van der Waals surface area contributed by atoms with E-state index in [4.69, 9.17) is 68.7 Å². The van der Waals surface area contributed by atoms with Gasteiger partial charge in [0.2, 0.25) is 0 Å². The number of nitrogens with two attached hydrogens (primary N) is 2. The fourth-order valence-corrected chi connectivity index (χ4v) is 9.86. The number of likely N-dealkylation sites (N-methyl/N-ethyl adjacent to an activating group) is 2. The molecular weight excluding hydrogens is 902 g/mol. The van der Waals surface area contributed by atoms with Gasteiger partial charge in [0.15, 0.2) is 23.0 Å². The van der Waals surface area contributed by atoms with Gasteiger partial charge in [-0.15, -0.1) is 0 Å². The summed E-state index contributed by atoms with van der Waals surface area (Å²) in [4.78, 5) is 38.5. The Kier molecular flexibility index (Phi) is 12.1. The Morgan fingerprint density at radius 3 is 1.65 bits per heavy atom. The van der Waals surface area contributed by atoms with Crippen LogP contribution >= 0.6 is 39.1 Å². The van der Waals surface area contributed by atoms with Crippen LogP contribution in [0.3, 0.4) is 0 Å². The van der Waals surface area contributed by atoms with E-state index in [0.29, 0.717) is 59.7 Å². The summed E-state index contributed by atoms with van der Waals surface area (Å²) >= 11 is 15.2. The Hall–Kier alpha value is -4.68. The largest absolute Gasteiger partial charge is 0.488 e. The minimum absolute atomic E-state index is 0.109. The number of nitrogens with zero attached hydrogens (tertiary/aromatic N) is 4. The second-order valence-electron chi connectivity index (χ2n) is 16.4. The molecule has 4 aromatic carbocycles. The molecule has 10 rings (SSSR count). The lowest BCUT2D eigenvalue weighted by molar-refractivity contribution is -0.139. The molecule has 0 aliphatic carbocycles. The monoisotopic (exact) mass is 946 g/mol. The van der Waals surface area contributed by atoms with E-state index in [2.05, 4.69) is 20.9 Å². The van der Waals surface area contributed by atoms with Gasteiger partial charge in [-0.25, -0.2) is 9.98 Å². The molecule has 324 valence electrons. The summed E-state index contributed by atoms with van der Waals surface area (Å²) in [6, 6.07) is 25.6. The fourth-order valence-electron chi connectivity index (χ4n) is 9.11. The van der Waals surface area contributed by atoms with Crippen LogP contribution in [0.15, 0.2) is 99.4 Å². The zero-order valence-corrected chi connectivity index (χ0v) is 37.3. The molecule has 4 spiro atoms. The highest BCUT2D eigenvalue weighted by atomic mass is 79.9. The van der Waals surface area contributed by atoms with Crippen molar-refractivity contribution in [2.24, 2.45) is 21.5 Å².